The summed E-state index contributed by atoms with van der Waals surface area (Å²) < 4.78 is 0. The molecule has 0 saturated heterocycles. The number of rotatable bonds is 6. The Bertz CT molecular complexity index is 573. The Morgan fingerprint density at radius 1 is 1.24 bits per heavy atom. The lowest BCUT2D eigenvalue weighted by Crippen LogP contribution is -2.30. The van der Waals surface area contributed by atoms with Crippen LogP contribution in [0.1, 0.15) is 11.1 Å². The average Bonchev–Trinajstić information content (AvgIpc) is 2.48. The topological polar surface area (TPSA) is 37.0 Å². The highest BCUT2D eigenvalue weighted by Gasteiger charge is 1.99. The lowest BCUT2D eigenvalue weighted by atomic mass is 10.2. The van der Waals surface area contributed by atoms with Gasteiger partial charge in [-0.3, -0.25) is 0 Å². The highest BCUT2D eigenvalue weighted by molar-refractivity contribution is 7.98. The second-order valence-corrected chi connectivity index (χ2v) is 6.15. The number of nitrogens with one attached hydrogen (secondary N) is 2. The number of hydrogen-bond donors (Lipinski definition) is 2. The Kier molecular flexibility index (Phi) is 6.50. The van der Waals surface area contributed by atoms with Crippen LogP contribution in [0.25, 0.3) is 0 Å². The summed E-state index contributed by atoms with van der Waals surface area (Å²) in [5.74, 6) is 2.82. The molecule has 5 heteroatoms. The smallest absolute Gasteiger partial charge is 0.171 e. The van der Waals surface area contributed by atoms with E-state index in [1.807, 2.05) is 36.9 Å². The number of aromatic nitrogens is 1. The van der Waals surface area contributed by atoms with Crippen molar-refractivity contribution in [1.82, 2.24) is 10.3 Å². The van der Waals surface area contributed by atoms with Crippen LogP contribution >= 0.6 is 24.0 Å². The predicted octanol–water partition coefficient (Wildman–Crippen LogP) is 3.61. The molecule has 1 heterocycles. The monoisotopic (exact) mass is 317 g/mol. The van der Waals surface area contributed by atoms with Crippen molar-refractivity contribution in [2.45, 2.75) is 12.7 Å². The largest absolute Gasteiger partial charge is 0.362 e. The fraction of sp³-hybridized carbons (Fsp3) is 0.250. The van der Waals surface area contributed by atoms with Gasteiger partial charge < -0.3 is 10.6 Å². The van der Waals surface area contributed by atoms with Gasteiger partial charge in [0.25, 0.3) is 0 Å². The fourth-order valence-electron chi connectivity index (χ4n) is 1.77. The quantitative estimate of drug-likeness (QED) is 0.629. The summed E-state index contributed by atoms with van der Waals surface area (Å²) in [5, 5.41) is 6.91. The molecule has 0 fully saturated rings. The summed E-state index contributed by atoms with van der Waals surface area (Å²) in [5.41, 5.74) is 2.51. The van der Waals surface area contributed by atoms with E-state index in [4.69, 9.17) is 12.2 Å². The van der Waals surface area contributed by atoms with Crippen molar-refractivity contribution < 1.29 is 0 Å². The van der Waals surface area contributed by atoms with E-state index < -0.39 is 0 Å². The Morgan fingerprint density at radius 3 is 2.81 bits per heavy atom. The number of aryl methyl sites for hydroxylation is 1. The first-order chi connectivity index (χ1) is 10.2. The maximum absolute atomic E-state index is 5.25. The molecule has 1 aromatic carbocycles. The van der Waals surface area contributed by atoms with Gasteiger partial charge in [-0.25, -0.2) is 4.98 Å². The van der Waals surface area contributed by atoms with Gasteiger partial charge in [-0.1, -0.05) is 30.3 Å². The molecule has 0 unspecified atom stereocenters. The van der Waals surface area contributed by atoms with Crippen molar-refractivity contribution in [1.29, 1.82) is 0 Å². The zero-order valence-corrected chi connectivity index (χ0v) is 13.6. The summed E-state index contributed by atoms with van der Waals surface area (Å²) in [6.45, 7) is 2.87. The second kappa shape index (κ2) is 8.64. The molecule has 3 nitrogen and oxygen atoms in total. The van der Waals surface area contributed by atoms with E-state index in [0.717, 1.165) is 29.4 Å². The maximum Gasteiger partial charge on any atom is 0.171 e. The minimum Gasteiger partial charge on any atom is -0.362 e. The summed E-state index contributed by atoms with van der Waals surface area (Å²) >= 11 is 7.14. The molecule has 0 aliphatic heterocycles. The van der Waals surface area contributed by atoms with E-state index in [2.05, 4.69) is 39.9 Å². The normalized spacial score (nSPS) is 10.1. The van der Waals surface area contributed by atoms with Gasteiger partial charge in [0.15, 0.2) is 5.11 Å². The molecule has 1 aromatic heterocycles. The summed E-state index contributed by atoms with van der Waals surface area (Å²) in [6.07, 6.45) is 1.77. The molecule has 2 N–H and O–H groups in total. The molecular weight excluding hydrogens is 298 g/mol. The van der Waals surface area contributed by atoms with Gasteiger partial charge in [0, 0.05) is 24.2 Å². The lowest BCUT2D eigenvalue weighted by Gasteiger charge is -2.10. The average molecular weight is 317 g/mol. The Labute approximate surface area is 135 Å². The lowest BCUT2D eigenvalue weighted by molar-refractivity contribution is 0.988. The van der Waals surface area contributed by atoms with Gasteiger partial charge in [0.05, 0.1) is 0 Å². The van der Waals surface area contributed by atoms with Crippen LogP contribution in [0.15, 0.2) is 48.7 Å². The number of pyridine rings is 1. The Hall–Kier alpha value is -1.59. The van der Waals surface area contributed by atoms with E-state index >= 15 is 0 Å². The van der Waals surface area contributed by atoms with E-state index in [1.54, 1.807) is 6.20 Å². The minimum absolute atomic E-state index is 0.619. The molecule has 2 rings (SSSR count). The van der Waals surface area contributed by atoms with Gasteiger partial charge in [0.2, 0.25) is 0 Å². The maximum atomic E-state index is 5.25. The molecule has 0 spiro atoms. The van der Waals surface area contributed by atoms with Crippen LogP contribution < -0.4 is 10.6 Å². The zero-order chi connectivity index (χ0) is 14.9. The van der Waals surface area contributed by atoms with Crippen LogP contribution in [-0.4, -0.2) is 22.4 Å². The third-order valence-electron chi connectivity index (χ3n) is 2.80. The summed E-state index contributed by atoms with van der Waals surface area (Å²) in [6, 6.07) is 14.4. The summed E-state index contributed by atoms with van der Waals surface area (Å²) in [7, 11) is 0. The molecule has 0 bridgehead atoms. The van der Waals surface area contributed by atoms with E-state index in [9.17, 15) is 0 Å². The van der Waals surface area contributed by atoms with Crippen molar-refractivity contribution in [2.75, 3.05) is 17.6 Å². The van der Waals surface area contributed by atoms with Gasteiger partial charge in [-0.2, -0.15) is 11.8 Å². The number of thiocarbonyl (C=S) groups is 1. The molecule has 21 heavy (non-hydrogen) atoms. The number of benzene rings is 1. The molecule has 0 radical (unpaired) electrons. The number of thioether (sulfide) groups is 1. The minimum atomic E-state index is 0.619. The van der Waals surface area contributed by atoms with Crippen LogP contribution in [0, 0.1) is 6.92 Å². The molecule has 110 valence electrons. The van der Waals surface area contributed by atoms with Crippen molar-refractivity contribution in [2.24, 2.45) is 0 Å². The van der Waals surface area contributed by atoms with Crippen LogP contribution in [-0.2, 0) is 5.75 Å². The highest BCUT2D eigenvalue weighted by Crippen LogP contribution is 2.10. The molecule has 0 amide bonds. The van der Waals surface area contributed by atoms with Crippen LogP contribution in [0.4, 0.5) is 5.82 Å². The molecule has 0 saturated carbocycles. The van der Waals surface area contributed by atoms with E-state index in [-0.39, 0.29) is 0 Å². The molecule has 2 aromatic rings. The van der Waals surface area contributed by atoms with Crippen LogP contribution in [0.3, 0.4) is 0 Å². The van der Waals surface area contributed by atoms with E-state index in [0.29, 0.717) is 5.11 Å². The van der Waals surface area contributed by atoms with Gasteiger partial charge in [0.1, 0.15) is 5.82 Å². The third-order valence-corrected chi connectivity index (χ3v) is 4.08. The van der Waals surface area contributed by atoms with Gasteiger partial charge >= 0.3 is 0 Å². The van der Waals surface area contributed by atoms with Crippen LogP contribution in [0.5, 0.6) is 0 Å². The van der Waals surface area contributed by atoms with Crippen molar-refractivity contribution in [3.05, 3.63) is 59.8 Å². The molecule has 0 aliphatic rings. The first-order valence-electron chi connectivity index (χ1n) is 6.83. The standard InChI is InChI=1S/C16H19N3S2/c1-13-7-8-17-15(11-13)19-16(20)18-9-10-21-12-14-5-3-2-4-6-14/h2-8,11H,9-10,12H2,1H3,(H2,17,18,19,20). The van der Waals surface area contributed by atoms with Gasteiger partial charge in [-0.05, 0) is 42.4 Å². The first-order valence-corrected chi connectivity index (χ1v) is 8.39. The van der Waals surface area contributed by atoms with Crippen molar-refractivity contribution >= 4 is 34.9 Å². The van der Waals surface area contributed by atoms with Crippen molar-refractivity contribution in [3.8, 4) is 0 Å². The number of nitrogens with zero attached hydrogens (tertiary/aromatic N) is 1. The molecular formula is C16H19N3S2. The second-order valence-electron chi connectivity index (χ2n) is 4.64. The molecule has 0 aliphatic carbocycles. The van der Waals surface area contributed by atoms with E-state index in [1.165, 1.54) is 5.56 Å². The third kappa shape index (κ3) is 6.14. The number of hydrogen-bond acceptors (Lipinski definition) is 3. The van der Waals surface area contributed by atoms with Crippen molar-refractivity contribution in [3.63, 3.8) is 0 Å². The Balaban J connectivity index is 1.61. The first kappa shape index (κ1) is 15.8. The zero-order valence-electron chi connectivity index (χ0n) is 12.0. The predicted molar refractivity (Wildman–Crippen MR) is 95.8 cm³/mol. The molecule has 0 atom stereocenters. The SMILES string of the molecule is Cc1ccnc(NC(=S)NCCSCc2ccccc2)c1. The highest BCUT2D eigenvalue weighted by atomic mass is 32.2. The fourth-order valence-corrected chi connectivity index (χ4v) is 2.79. The van der Waals surface area contributed by atoms with Gasteiger partial charge in [-0.15, -0.1) is 0 Å². The number of anilines is 1. The Morgan fingerprint density at radius 2 is 2.05 bits per heavy atom. The van der Waals surface area contributed by atoms with Crippen LogP contribution in [0.2, 0.25) is 0 Å². The summed E-state index contributed by atoms with van der Waals surface area (Å²) in [4.78, 5) is 4.22.